The zero-order valence-corrected chi connectivity index (χ0v) is 11.1. The molecular formula is C13H25N3O. The number of nitrogens with zero attached hydrogens (tertiary/aromatic N) is 2. The normalized spacial score (nSPS) is 27.3. The average molecular weight is 239 g/mol. The minimum absolute atomic E-state index is 0.224. The standard InChI is InChI=1S/C13H25N3O/c1-15(2)13(17)10-16-8-5-11(6-9-16)12-4-3-7-14-12/h11-12,14H,3-10H2,1-2H3. The Bertz CT molecular complexity index is 253. The van der Waals surface area contributed by atoms with Crippen LogP contribution in [0.3, 0.4) is 0 Å². The van der Waals surface area contributed by atoms with E-state index in [1.807, 2.05) is 14.1 Å². The Hall–Kier alpha value is -0.610. The van der Waals surface area contributed by atoms with Gasteiger partial charge in [0.2, 0.25) is 5.91 Å². The van der Waals surface area contributed by atoms with Crippen LogP contribution in [-0.2, 0) is 4.79 Å². The SMILES string of the molecule is CN(C)C(=O)CN1CCC(C2CCCN2)CC1. The molecule has 0 aromatic heterocycles. The molecule has 0 aromatic rings. The molecule has 1 amide bonds. The number of likely N-dealkylation sites (tertiary alicyclic amines) is 1. The van der Waals surface area contributed by atoms with Crippen LogP contribution in [0.5, 0.6) is 0 Å². The monoisotopic (exact) mass is 239 g/mol. The highest BCUT2D eigenvalue weighted by atomic mass is 16.2. The van der Waals surface area contributed by atoms with E-state index in [0.29, 0.717) is 6.54 Å². The molecule has 2 aliphatic rings. The van der Waals surface area contributed by atoms with Crippen LogP contribution in [0.15, 0.2) is 0 Å². The minimum atomic E-state index is 0.224. The highest BCUT2D eigenvalue weighted by Crippen LogP contribution is 2.25. The summed E-state index contributed by atoms with van der Waals surface area (Å²) >= 11 is 0. The van der Waals surface area contributed by atoms with E-state index in [2.05, 4.69) is 10.2 Å². The number of rotatable bonds is 3. The number of carbonyl (C=O) groups is 1. The summed E-state index contributed by atoms with van der Waals surface area (Å²) in [6, 6.07) is 0.752. The molecule has 0 radical (unpaired) electrons. The number of amides is 1. The molecule has 0 spiro atoms. The van der Waals surface area contributed by atoms with Crippen molar-refractivity contribution in [3.8, 4) is 0 Å². The number of hydrogen-bond acceptors (Lipinski definition) is 3. The Morgan fingerprint density at radius 2 is 2.00 bits per heavy atom. The van der Waals surface area contributed by atoms with E-state index in [1.165, 1.54) is 32.2 Å². The third-order valence-electron chi connectivity index (χ3n) is 4.16. The number of hydrogen-bond donors (Lipinski definition) is 1. The summed E-state index contributed by atoms with van der Waals surface area (Å²) in [5.74, 6) is 1.06. The summed E-state index contributed by atoms with van der Waals surface area (Å²) in [5, 5.41) is 3.61. The first-order valence-corrected chi connectivity index (χ1v) is 6.82. The number of carbonyl (C=O) groups excluding carboxylic acids is 1. The molecule has 1 unspecified atom stereocenters. The van der Waals surface area contributed by atoms with Crippen molar-refractivity contribution >= 4 is 5.91 Å². The minimum Gasteiger partial charge on any atom is -0.348 e. The lowest BCUT2D eigenvalue weighted by Crippen LogP contribution is -2.44. The van der Waals surface area contributed by atoms with Gasteiger partial charge < -0.3 is 10.2 Å². The molecule has 17 heavy (non-hydrogen) atoms. The molecular weight excluding hydrogens is 214 g/mol. The first-order valence-electron chi connectivity index (χ1n) is 6.82. The summed E-state index contributed by atoms with van der Waals surface area (Å²) in [7, 11) is 3.66. The average Bonchev–Trinajstić information content (AvgIpc) is 2.83. The molecule has 1 N–H and O–H groups in total. The predicted molar refractivity (Wildman–Crippen MR) is 68.9 cm³/mol. The van der Waals surface area contributed by atoms with Crippen molar-refractivity contribution in [3.05, 3.63) is 0 Å². The highest BCUT2D eigenvalue weighted by molar-refractivity contribution is 5.77. The first kappa shape index (κ1) is 12.8. The van der Waals surface area contributed by atoms with E-state index in [9.17, 15) is 4.79 Å². The first-order chi connectivity index (χ1) is 8.16. The third kappa shape index (κ3) is 3.42. The van der Waals surface area contributed by atoms with E-state index in [-0.39, 0.29) is 5.91 Å². The summed E-state index contributed by atoms with van der Waals surface area (Å²) in [5.41, 5.74) is 0. The molecule has 0 bridgehead atoms. The maximum atomic E-state index is 11.6. The van der Waals surface area contributed by atoms with Gasteiger partial charge >= 0.3 is 0 Å². The topological polar surface area (TPSA) is 35.6 Å². The lowest BCUT2D eigenvalue weighted by Gasteiger charge is -2.34. The molecule has 4 heteroatoms. The maximum Gasteiger partial charge on any atom is 0.236 e. The van der Waals surface area contributed by atoms with Gasteiger partial charge in [0.15, 0.2) is 0 Å². The van der Waals surface area contributed by atoms with Crippen molar-refractivity contribution in [1.82, 2.24) is 15.1 Å². The second-order valence-corrected chi connectivity index (χ2v) is 5.60. The molecule has 2 aliphatic heterocycles. The van der Waals surface area contributed by atoms with Gasteiger partial charge in [0.05, 0.1) is 6.54 Å². The molecule has 0 aliphatic carbocycles. The van der Waals surface area contributed by atoms with Crippen LogP contribution in [-0.4, -0.2) is 62.0 Å². The van der Waals surface area contributed by atoms with Crippen LogP contribution in [0.2, 0.25) is 0 Å². The highest BCUT2D eigenvalue weighted by Gasteiger charge is 2.28. The lowest BCUT2D eigenvalue weighted by molar-refractivity contribution is -0.130. The zero-order chi connectivity index (χ0) is 12.3. The molecule has 98 valence electrons. The van der Waals surface area contributed by atoms with Gasteiger partial charge in [-0.05, 0) is 51.2 Å². The molecule has 1 atom stereocenters. The molecule has 0 saturated carbocycles. The smallest absolute Gasteiger partial charge is 0.236 e. The van der Waals surface area contributed by atoms with Crippen LogP contribution in [0.4, 0.5) is 0 Å². The van der Waals surface area contributed by atoms with Gasteiger partial charge in [-0.15, -0.1) is 0 Å². The van der Waals surface area contributed by atoms with Gasteiger partial charge in [-0.25, -0.2) is 0 Å². The summed E-state index contributed by atoms with van der Waals surface area (Å²) in [6.45, 7) is 3.96. The Labute approximate surface area is 104 Å². The van der Waals surface area contributed by atoms with Crippen LogP contribution in [0.1, 0.15) is 25.7 Å². The van der Waals surface area contributed by atoms with Crippen LogP contribution >= 0.6 is 0 Å². The Morgan fingerprint density at radius 1 is 1.29 bits per heavy atom. The quantitative estimate of drug-likeness (QED) is 0.781. The number of nitrogens with one attached hydrogen (secondary N) is 1. The number of likely N-dealkylation sites (N-methyl/N-ethyl adjacent to an activating group) is 1. The van der Waals surface area contributed by atoms with E-state index < -0.39 is 0 Å². The van der Waals surface area contributed by atoms with Gasteiger partial charge in [-0.3, -0.25) is 9.69 Å². The van der Waals surface area contributed by atoms with E-state index >= 15 is 0 Å². The maximum absolute atomic E-state index is 11.6. The Morgan fingerprint density at radius 3 is 2.53 bits per heavy atom. The zero-order valence-electron chi connectivity index (χ0n) is 11.1. The van der Waals surface area contributed by atoms with E-state index in [0.717, 1.165) is 25.0 Å². The fourth-order valence-corrected chi connectivity index (χ4v) is 2.96. The van der Waals surface area contributed by atoms with Gasteiger partial charge in [-0.2, -0.15) is 0 Å². The summed E-state index contributed by atoms with van der Waals surface area (Å²) in [4.78, 5) is 15.6. The second-order valence-electron chi connectivity index (χ2n) is 5.60. The Balaban J connectivity index is 1.72. The van der Waals surface area contributed by atoms with Crippen LogP contribution in [0.25, 0.3) is 0 Å². The predicted octanol–water partition coefficient (Wildman–Crippen LogP) is 0.539. The van der Waals surface area contributed by atoms with Crippen molar-refractivity contribution in [3.63, 3.8) is 0 Å². The fraction of sp³-hybridized carbons (Fsp3) is 0.923. The van der Waals surface area contributed by atoms with E-state index in [4.69, 9.17) is 0 Å². The molecule has 0 aromatic carbocycles. The molecule has 2 rings (SSSR count). The van der Waals surface area contributed by atoms with Crippen molar-refractivity contribution < 1.29 is 4.79 Å². The van der Waals surface area contributed by atoms with Crippen molar-refractivity contribution in [2.24, 2.45) is 5.92 Å². The van der Waals surface area contributed by atoms with E-state index in [1.54, 1.807) is 4.90 Å². The van der Waals surface area contributed by atoms with Crippen molar-refractivity contribution in [2.45, 2.75) is 31.7 Å². The third-order valence-corrected chi connectivity index (χ3v) is 4.16. The largest absolute Gasteiger partial charge is 0.348 e. The van der Waals surface area contributed by atoms with Crippen molar-refractivity contribution in [1.29, 1.82) is 0 Å². The second kappa shape index (κ2) is 5.83. The Kier molecular flexibility index (Phi) is 4.40. The molecule has 2 fully saturated rings. The molecule has 2 saturated heterocycles. The van der Waals surface area contributed by atoms with Gasteiger partial charge in [-0.1, -0.05) is 0 Å². The van der Waals surface area contributed by atoms with Gasteiger partial charge in [0.25, 0.3) is 0 Å². The summed E-state index contributed by atoms with van der Waals surface area (Å²) < 4.78 is 0. The number of piperidine rings is 1. The fourth-order valence-electron chi connectivity index (χ4n) is 2.96. The van der Waals surface area contributed by atoms with Gasteiger partial charge in [0.1, 0.15) is 0 Å². The molecule has 4 nitrogen and oxygen atoms in total. The lowest BCUT2D eigenvalue weighted by atomic mass is 9.88. The summed E-state index contributed by atoms with van der Waals surface area (Å²) in [6.07, 6.45) is 5.18. The van der Waals surface area contributed by atoms with Crippen molar-refractivity contribution in [2.75, 3.05) is 40.3 Å². The van der Waals surface area contributed by atoms with Crippen LogP contribution in [0, 0.1) is 5.92 Å². The molecule has 2 heterocycles. The van der Waals surface area contributed by atoms with Crippen LogP contribution < -0.4 is 5.32 Å². The van der Waals surface area contributed by atoms with Gasteiger partial charge in [0, 0.05) is 20.1 Å².